The van der Waals surface area contributed by atoms with Gasteiger partial charge in [0.15, 0.2) is 0 Å². The summed E-state index contributed by atoms with van der Waals surface area (Å²) in [7, 11) is -4.52. The number of nitro groups is 1. The van der Waals surface area contributed by atoms with Gasteiger partial charge in [-0.3, -0.25) is 10.1 Å². The predicted molar refractivity (Wildman–Crippen MR) is 47.0 cm³/mol. The van der Waals surface area contributed by atoms with E-state index in [2.05, 4.69) is 0 Å². The van der Waals surface area contributed by atoms with Crippen molar-refractivity contribution < 1.29 is 17.9 Å². The maximum absolute atomic E-state index is 10.4. The van der Waals surface area contributed by atoms with E-state index in [1.54, 1.807) is 0 Å². The van der Waals surface area contributed by atoms with Crippen molar-refractivity contribution in [3.63, 3.8) is 0 Å². The third kappa shape index (κ3) is 2.76. The maximum atomic E-state index is 10.4. The fourth-order valence-corrected chi connectivity index (χ4v) is 1.20. The van der Waals surface area contributed by atoms with Crippen LogP contribution in [0.3, 0.4) is 0 Å². The van der Waals surface area contributed by atoms with Gasteiger partial charge in [-0.15, -0.1) is 0 Å². The zero-order chi connectivity index (χ0) is 10.1. The monoisotopic (exact) mass is 220 g/mol. The van der Waals surface area contributed by atoms with Crippen LogP contribution in [0.1, 0.15) is 0 Å². The molecule has 0 fully saturated rings. The Balaban J connectivity index is 0.00000169. The van der Waals surface area contributed by atoms with Gasteiger partial charge in [-0.05, 0) is 12.1 Å². The van der Waals surface area contributed by atoms with E-state index in [4.69, 9.17) is 0 Å². The van der Waals surface area contributed by atoms with Crippen molar-refractivity contribution in [2.75, 3.05) is 0 Å². The molecule has 1 rings (SSSR count). The van der Waals surface area contributed by atoms with Gasteiger partial charge >= 0.3 is 0 Å². The number of nitrogens with zero attached hydrogens (tertiary/aromatic N) is 1. The summed E-state index contributed by atoms with van der Waals surface area (Å²) in [6, 6.07) is 3.73. The summed E-state index contributed by atoms with van der Waals surface area (Å²) >= 11 is 0. The second kappa shape index (κ2) is 4.13. The fourth-order valence-electron chi connectivity index (χ4n) is 0.735. The normalized spacial score (nSPS) is 10.4. The number of quaternary nitrogens is 1. The molecule has 0 radical (unpaired) electrons. The van der Waals surface area contributed by atoms with Gasteiger partial charge in [0.25, 0.3) is 5.69 Å². The van der Waals surface area contributed by atoms with Crippen molar-refractivity contribution >= 4 is 15.8 Å². The lowest BCUT2D eigenvalue weighted by atomic mass is 10.3. The van der Waals surface area contributed by atoms with Gasteiger partial charge in [-0.1, -0.05) is 0 Å². The molecule has 1 aromatic carbocycles. The van der Waals surface area contributed by atoms with Crippen LogP contribution < -0.4 is 6.15 Å². The predicted octanol–water partition coefficient (Wildman–Crippen LogP) is 0.875. The number of hydrogen-bond donors (Lipinski definition) is 1. The first-order valence-electron chi connectivity index (χ1n) is 3.11. The second-order valence-electron chi connectivity index (χ2n) is 2.21. The first kappa shape index (κ1) is 12.5. The van der Waals surface area contributed by atoms with Crippen molar-refractivity contribution in [1.29, 1.82) is 0 Å². The van der Waals surface area contributed by atoms with E-state index in [1.807, 2.05) is 0 Å². The molecule has 0 amide bonds. The van der Waals surface area contributed by atoms with E-state index >= 15 is 0 Å². The minimum absolute atomic E-state index is 0. The lowest BCUT2D eigenvalue weighted by Crippen LogP contribution is -1.98. The van der Waals surface area contributed by atoms with Gasteiger partial charge in [0.1, 0.15) is 10.1 Å². The van der Waals surface area contributed by atoms with Crippen molar-refractivity contribution in [3.8, 4) is 0 Å². The molecule has 78 valence electrons. The van der Waals surface area contributed by atoms with Crippen LogP contribution in [0.5, 0.6) is 0 Å². The number of nitro benzene ring substituents is 1. The summed E-state index contributed by atoms with van der Waals surface area (Å²) in [5.74, 6) is 0. The highest BCUT2D eigenvalue weighted by atomic mass is 32.2. The Kier molecular flexibility index (Phi) is 3.69. The molecule has 0 aromatic heterocycles. The molecule has 0 spiro atoms. The number of rotatable bonds is 2. The third-order valence-corrected chi connectivity index (χ3v) is 2.19. The van der Waals surface area contributed by atoms with Crippen LogP contribution in [0.15, 0.2) is 29.2 Å². The van der Waals surface area contributed by atoms with E-state index in [-0.39, 0.29) is 11.8 Å². The molecular formula is C6H8N2O5S. The highest BCUT2D eigenvalue weighted by Gasteiger charge is 2.06. The zero-order valence-corrected chi connectivity index (χ0v) is 8.02. The number of non-ortho nitro benzene ring substituents is 1. The SMILES string of the molecule is O=[N+]([O-])c1ccc(S(=O)(=O)[O-])cc1.[NH4+]. The van der Waals surface area contributed by atoms with Gasteiger partial charge in [0, 0.05) is 12.1 Å². The van der Waals surface area contributed by atoms with Crippen LogP contribution >= 0.6 is 0 Å². The van der Waals surface area contributed by atoms with Crippen LogP contribution in [-0.4, -0.2) is 17.9 Å². The number of hydrogen-bond acceptors (Lipinski definition) is 5. The van der Waals surface area contributed by atoms with Crippen molar-refractivity contribution in [1.82, 2.24) is 6.15 Å². The molecule has 14 heavy (non-hydrogen) atoms. The van der Waals surface area contributed by atoms with E-state index < -0.39 is 19.9 Å². The molecule has 0 atom stereocenters. The van der Waals surface area contributed by atoms with E-state index in [1.165, 1.54) is 0 Å². The van der Waals surface area contributed by atoms with E-state index in [9.17, 15) is 23.1 Å². The highest BCUT2D eigenvalue weighted by Crippen LogP contribution is 2.14. The van der Waals surface area contributed by atoms with Crippen LogP contribution in [0.25, 0.3) is 0 Å². The van der Waals surface area contributed by atoms with Crippen LogP contribution in [0.2, 0.25) is 0 Å². The summed E-state index contributed by atoms with van der Waals surface area (Å²) in [5.41, 5.74) is -0.257. The Morgan fingerprint density at radius 3 is 1.86 bits per heavy atom. The average Bonchev–Trinajstić information content (AvgIpc) is 2.03. The Morgan fingerprint density at radius 2 is 1.57 bits per heavy atom. The van der Waals surface area contributed by atoms with Crippen molar-refractivity contribution in [2.45, 2.75) is 4.90 Å². The Morgan fingerprint density at radius 1 is 1.14 bits per heavy atom. The van der Waals surface area contributed by atoms with Crippen molar-refractivity contribution in [3.05, 3.63) is 34.4 Å². The van der Waals surface area contributed by atoms with Gasteiger partial charge in [0.05, 0.1) is 9.82 Å². The Hall–Kier alpha value is -1.51. The van der Waals surface area contributed by atoms with Crippen molar-refractivity contribution in [2.24, 2.45) is 0 Å². The standard InChI is InChI=1S/C6H5NO5S.H3N/c8-7(9)5-1-3-6(4-2-5)13(10,11)12;/h1-4H,(H,10,11,12);1H3. The molecule has 0 unspecified atom stereocenters. The van der Waals surface area contributed by atoms with E-state index in [0.29, 0.717) is 0 Å². The molecule has 4 N–H and O–H groups in total. The summed E-state index contributed by atoms with van der Waals surface area (Å²) < 4.78 is 31.2. The van der Waals surface area contributed by atoms with E-state index in [0.717, 1.165) is 24.3 Å². The first-order chi connectivity index (χ1) is 5.91. The van der Waals surface area contributed by atoms with Crippen LogP contribution in [0, 0.1) is 10.1 Å². The summed E-state index contributed by atoms with van der Waals surface area (Å²) in [6.45, 7) is 0. The van der Waals surface area contributed by atoms with Gasteiger partial charge < -0.3 is 10.7 Å². The molecule has 0 aliphatic carbocycles. The quantitative estimate of drug-likeness (QED) is 0.447. The molecule has 0 saturated heterocycles. The maximum Gasteiger partial charge on any atom is 0.269 e. The Labute approximate surface area is 79.8 Å². The molecule has 0 aliphatic heterocycles. The van der Waals surface area contributed by atoms with Gasteiger partial charge in [-0.25, -0.2) is 8.42 Å². The molecule has 0 bridgehead atoms. The fraction of sp³-hybridized carbons (Fsp3) is 0. The topological polar surface area (TPSA) is 137 Å². The first-order valence-corrected chi connectivity index (χ1v) is 4.52. The summed E-state index contributed by atoms with van der Waals surface area (Å²) in [6.07, 6.45) is 0. The largest absolute Gasteiger partial charge is 0.744 e. The van der Waals surface area contributed by atoms with Crippen LogP contribution in [0.4, 0.5) is 5.69 Å². The molecule has 8 heteroatoms. The number of benzene rings is 1. The summed E-state index contributed by atoms with van der Waals surface area (Å²) in [5, 5.41) is 10.1. The highest BCUT2D eigenvalue weighted by molar-refractivity contribution is 7.85. The zero-order valence-electron chi connectivity index (χ0n) is 7.21. The van der Waals surface area contributed by atoms with Gasteiger partial charge in [-0.2, -0.15) is 0 Å². The molecule has 0 heterocycles. The van der Waals surface area contributed by atoms with Crippen LogP contribution in [-0.2, 0) is 10.1 Å². The lowest BCUT2D eigenvalue weighted by Gasteiger charge is -2.04. The Bertz CT molecular complexity index is 424. The minimum atomic E-state index is -4.52. The smallest absolute Gasteiger partial charge is 0.269 e. The lowest BCUT2D eigenvalue weighted by molar-refractivity contribution is -0.384. The minimum Gasteiger partial charge on any atom is -0.744 e. The molecule has 0 saturated carbocycles. The molecular weight excluding hydrogens is 212 g/mol. The third-order valence-electron chi connectivity index (χ3n) is 1.34. The second-order valence-corrected chi connectivity index (χ2v) is 3.58. The summed E-state index contributed by atoms with van der Waals surface area (Å²) in [4.78, 5) is 8.99. The van der Waals surface area contributed by atoms with Gasteiger partial charge in [0.2, 0.25) is 0 Å². The average molecular weight is 220 g/mol. The molecule has 1 aromatic rings. The molecule has 7 nitrogen and oxygen atoms in total. The molecule has 0 aliphatic rings.